The highest BCUT2D eigenvalue weighted by molar-refractivity contribution is 9.10. The molecule has 17 heavy (non-hydrogen) atoms. The van der Waals surface area contributed by atoms with E-state index in [1.54, 1.807) is 11.3 Å². The molecule has 0 saturated carbocycles. The van der Waals surface area contributed by atoms with Crippen molar-refractivity contribution in [1.82, 2.24) is 15.0 Å². The summed E-state index contributed by atoms with van der Waals surface area (Å²) in [7, 11) is 0. The number of halogens is 2. The van der Waals surface area contributed by atoms with Crippen LogP contribution in [0.25, 0.3) is 21.7 Å². The van der Waals surface area contributed by atoms with Crippen LogP contribution in [-0.2, 0) is 0 Å². The number of fused-ring (bicyclic) bond motifs is 1. The molecule has 86 valence electrons. The van der Waals surface area contributed by atoms with Gasteiger partial charge < -0.3 is 4.98 Å². The molecule has 0 saturated heterocycles. The molecule has 0 radical (unpaired) electrons. The summed E-state index contributed by atoms with van der Waals surface area (Å²) >= 11 is 11.1. The summed E-state index contributed by atoms with van der Waals surface area (Å²) in [6.07, 6.45) is 0. The van der Waals surface area contributed by atoms with Crippen molar-refractivity contribution in [3.05, 3.63) is 32.8 Å². The molecule has 0 aliphatic heterocycles. The van der Waals surface area contributed by atoms with Gasteiger partial charge in [0.2, 0.25) is 0 Å². The molecule has 0 amide bonds. The van der Waals surface area contributed by atoms with Crippen LogP contribution >= 0.6 is 38.9 Å². The Bertz CT molecular complexity index is 690. The van der Waals surface area contributed by atoms with Crippen LogP contribution in [0.3, 0.4) is 0 Å². The SMILES string of the molecule is Cc1nc(-c2cccs2)nc2[nH]c(Cl)c(Br)c12. The first-order chi connectivity index (χ1) is 8.16. The maximum Gasteiger partial charge on any atom is 0.171 e. The number of nitrogens with zero attached hydrogens (tertiary/aromatic N) is 2. The van der Waals surface area contributed by atoms with Gasteiger partial charge in [-0.2, -0.15) is 0 Å². The number of aromatic nitrogens is 3. The first-order valence-corrected chi connectivity index (χ1v) is 6.97. The molecular weight excluding hydrogens is 322 g/mol. The zero-order valence-electron chi connectivity index (χ0n) is 8.79. The van der Waals surface area contributed by atoms with E-state index < -0.39 is 0 Å². The van der Waals surface area contributed by atoms with Crippen molar-refractivity contribution in [2.45, 2.75) is 6.92 Å². The second-order valence-electron chi connectivity index (χ2n) is 3.59. The van der Waals surface area contributed by atoms with Crippen LogP contribution in [-0.4, -0.2) is 15.0 Å². The zero-order chi connectivity index (χ0) is 12.0. The van der Waals surface area contributed by atoms with Crippen LogP contribution in [0, 0.1) is 6.92 Å². The Balaban J connectivity index is 2.32. The third-order valence-electron chi connectivity index (χ3n) is 2.47. The van der Waals surface area contributed by atoms with E-state index in [1.165, 1.54) is 0 Å². The minimum Gasteiger partial charge on any atom is -0.329 e. The van der Waals surface area contributed by atoms with Gasteiger partial charge in [-0.1, -0.05) is 17.7 Å². The molecule has 0 aliphatic rings. The molecule has 6 heteroatoms. The Labute approximate surface area is 115 Å². The monoisotopic (exact) mass is 327 g/mol. The normalized spacial score (nSPS) is 11.2. The Hall–Kier alpha value is -0.910. The third kappa shape index (κ3) is 1.78. The quantitative estimate of drug-likeness (QED) is 0.719. The second-order valence-corrected chi connectivity index (χ2v) is 5.71. The number of aryl methyl sites for hydroxylation is 1. The maximum absolute atomic E-state index is 6.03. The van der Waals surface area contributed by atoms with Crippen molar-refractivity contribution in [2.75, 3.05) is 0 Å². The predicted octanol–water partition coefficient (Wildman–Crippen LogP) is 4.41. The number of nitrogens with one attached hydrogen (secondary N) is 1. The molecule has 0 bridgehead atoms. The average Bonchev–Trinajstić information content (AvgIpc) is 2.88. The van der Waals surface area contributed by atoms with E-state index in [-0.39, 0.29) is 0 Å². The molecule has 1 N–H and O–H groups in total. The predicted molar refractivity (Wildman–Crippen MR) is 74.6 cm³/mol. The van der Waals surface area contributed by atoms with E-state index in [4.69, 9.17) is 11.6 Å². The van der Waals surface area contributed by atoms with Crippen molar-refractivity contribution in [3.8, 4) is 10.7 Å². The van der Waals surface area contributed by atoms with Gasteiger partial charge in [-0.05, 0) is 34.3 Å². The minimum absolute atomic E-state index is 0.556. The van der Waals surface area contributed by atoms with E-state index in [0.29, 0.717) is 5.15 Å². The zero-order valence-corrected chi connectivity index (χ0v) is 11.9. The van der Waals surface area contributed by atoms with Crippen LogP contribution in [0.2, 0.25) is 5.15 Å². The lowest BCUT2D eigenvalue weighted by molar-refractivity contribution is 1.16. The minimum atomic E-state index is 0.556. The fourth-order valence-corrected chi connectivity index (χ4v) is 3.13. The first-order valence-electron chi connectivity index (χ1n) is 4.92. The van der Waals surface area contributed by atoms with Crippen molar-refractivity contribution in [1.29, 1.82) is 0 Å². The van der Waals surface area contributed by atoms with Gasteiger partial charge in [0.05, 0.1) is 20.4 Å². The van der Waals surface area contributed by atoms with Crippen molar-refractivity contribution < 1.29 is 0 Å². The molecule has 3 rings (SSSR count). The fourth-order valence-electron chi connectivity index (χ4n) is 1.71. The molecular formula is C11H7BrClN3S. The van der Waals surface area contributed by atoms with E-state index in [2.05, 4.69) is 30.9 Å². The molecule has 3 heterocycles. The van der Waals surface area contributed by atoms with Crippen LogP contribution in [0.5, 0.6) is 0 Å². The fraction of sp³-hybridized carbons (Fsp3) is 0.0909. The summed E-state index contributed by atoms with van der Waals surface area (Å²) in [5.74, 6) is 0.732. The van der Waals surface area contributed by atoms with Gasteiger partial charge in [-0.15, -0.1) is 11.3 Å². The summed E-state index contributed by atoms with van der Waals surface area (Å²) in [6.45, 7) is 1.95. The summed E-state index contributed by atoms with van der Waals surface area (Å²) in [5, 5.41) is 3.51. The van der Waals surface area contributed by atoms with Gasteiger partial charge in [0, 0.05) is 0 Å². The molecule has 3 aromatic heterocycles. The van der Waals surface area contributed by atoms with Gasteiger partial charge in [0.25, 0.3) is 0 Å². The number of rotatable bonds is 1. The molecule has 3 nitrogen and oxygen atoms in total. The lowest BCUT2D eigenvalue weighted by Crippen LogP contribution is -1.91. The summed E-state index contributed by atoms with van der Waals surface area (Å²) in [6, 6.07) is 3.99. The molecule has 0 aliphatic carbocycles. The molecule has 3 aromatic rings. The van der Waals surface area contributed by atoms with E-state index in [1.807, 2.05) is 24.4 Å². The van der Waals surface area contributed by atoms with Gasteiger partial charge >= 0.3 is 0 Å². The molecule has 0 atom stereocenters. The smallest absolute Gasteiger partial charge is 0.171 e. The highest BCUT2D eigenvalue weighted by atomic mass is 79.9. The second kappa shape index (κ2) is 4.08. The van der Waals surface area contributed by atoms with Crippen LogP contribution in [0.4, 0.5) is 0 Å². The van der Waals surface area contributed by atoms with Crippen molar-refractivity contribution in [3.63, 3.8) is 0 Å². The van der Waals surface area contributed by atoms with Gasteiger partial charge in [0.15, 0.2) is 5.82 Å². The van der Waals surface area contributed by atoms with Crippen LogP contribution in [0.15, 0.2) is 22.0 Å². The first kappa shape index (κ1) is 11.2. The number of thiophene rings is 1. The Kier molecular flexibility index (Phi) is 2.69. The maximum atomic E-state index is 6.03. The summed E-state index contributed by atoms with van der Waals surface area (Å²) in [5.41, 5.74) is 1.67. The topological polar surface area (TPSA) is 41.6 Å². The molecule has 0 unspecified atom stereocenters. The van der Waals surface area contributed by atoms with Crippen molar-refractivity contribution >= 4 is 49.9 Å². The third-order valence-corrected chi connectivity index (χ3v) is 4.64. The number of aromatic amines is 1. The van der Waals surface area contributed by atoms with Crippen LogP contribution < -0.4 is 0 Å². The van der Waals surface area contributed by atoms with Gasteiger partial charge in [0.1, 0.15) is 10.8 Å². The number of H-pyrrole nitrogens is 1. The van der Waals surface area contributed by atoms with E-state index in [9.17, 15) is 0 Å². The van der Waals surface area contributed by atoms with Crippen LogP contribution in [0.1, 0.15) is 5.69 Å². The molecule has 0 spiro atoms. The number of hydrogen-bond donors (Lipinski definition) is 1. The highest BCUT2D eigenvalue weighted by Crippen LogP contribution is 2.33. The molecule has 0 fully saturated rings. The van der Waals surface area contributed by atoms with E-state index in [0.717, 1.165) is 31.9 Å². The largest absolute Gasteiger partial charge is 0.329 e. The van der Waals surface area contributed by atoms with E-state index >= 15 is 0 Å². The lowest BCUT2D eigenvalue weighted by Gasteiger charge is -2.00. The lowest BCUT2D eigenvalue weighted by atomic mass is 10.3. The van der Waals surface area contributed by atoms with Crippen molar-refractivity contribution in [2.24, 2.45) is 0 Å². The van der Waals surface area contributed by atoms with Gasteiger partial charge in [-0.3, -0.25) is 0 Å². The van der Waals surface area contributed by atoms with Gasteiger partial charge in [-0.25, -0.2) is 9.97 Å². The summed E-state index contributed by atoms with van der Waals surface area (Å²) < 4.78 is 0.824. The number of hydrogen-bond acceptors (Lipinski definition) is 3. The Morgan fingerprint density at radius 3 is 2.94 bits per heavy atom. The molecule has 0 aromatic carbocycles. The Morgan fingerprint density at radius 1 is 1.41 bits per heavy atom. The average molecular weight is 329 g/mol. The highest BCUT2D eigenvalue weighted by Gasteiger charge is 2.14. The standard InChI is InChI=1S/C11H7BrClN3S/c1-5-7-8(12)9(13)15-11(7)16-10(14-5)6-3-2-4-17-6/h2-4H,1H3,(H,14,15,16). The summed E-state index contributed by atoms with van der Waals surface area (Å²) in [4.78, 5) is 13.1. The Morgan fingerprint density at radius 2 is 2.24 bits per heavy atom.